The summed E-state index contributed by atoms with van der Waals surface area (Å²) in [6.07, 6.45) is 4.19. The molecule has 0 atom stereocenters. The van der Waals surface area contributed by atoms with E-state index < -0.39 is 0 Å². The fourth-order valence-electron chi connectivity index (χ4n) is 0.691. The molecule has 0 saturated carbocycles. The molecule has 0 aliphatic carbocycles. The van der Waals surface area contributed by atoms with E-state index in [1.54, 1.807) is 0 Å². The van der Waals surface area contributed by atoms with E-state index in [1.807, 2.05) is 0 Å². The second-order valence-corrected chi connectivity index (χ2v) is 4.14. The summed E-state index contributed by atoms with van der Waals surface area (Å²) in [5, 5.41) is 4.48. The first-order valence-corrected chi connectivity index (χ1v) is 4.92. The molecular formula is C6H10ClNS. The predicted octanol–water partition coefficient (Wildman–Crippen LogP) is 1.77. The van der Waals surface area contributed by atoms with E-state index in [0.29, 0.717) is 0 Å². The van der Waals surface area contributed by atoms with Gasteiger partial charge in [-0.1, -0.05) is 12.2 Å². The van der Waals surface area contributed by atoms with Crippen molar-refractivity contribution in [3.05, 3.63) is 23.0 Å². The first-order chi connectivity index (χ1) is 4.43. The fraction of sp³-hybridized carbons (Fsp3) is 0.333. The Bertz CT molecular complexity index is 121. The molecule has 1 nitrogen and oxygen atoms in total. The van der Waals surface area contributed by atoms with Crippen molar-refractivity contribution < 1.29 is 0 Å². The molecule has 1 N–H and O–H groups in total. The van der Waals surface area contributed by atoms with Crippen molar-refractivity contribution in [2.24, 2.45) is 0 Å². The fourth-order valence-corrected chi connectivity index (χ4v) is 2.33. The van der Waals surface area contributed by atoms with Gasteiger partial charge in [-0.15, -0.1) is 0 Å². The zero-order valence-electron chi connectivity index (χ0n) is 5.05. The van der Waals surface area contributed by atoms with Crippen LogP contribution in [0, 0.1) is 0 Å². The van der Waals surface area contributed by atoms with Crippen molar-refractivity contribution >= 4 is 22.7 Å². The average molecular weight is 164 g/mol. The van der Waals surface area contributed by atoms with Crippen LogP contribution in [0.15, 0.2) is 23.0 Å². The highest BCUT2D eigenvalue weighted by Crippen LogP contribution is 2.31. The summed E-state index contributed by atoms with van der Waals surface area (Å²) >= 11 is 5.29. The molecule has 0 unspecified atom stereocenters. The highest BCUT2D eigenvalue weighted by molar-refractivity contribution is 8.22. The molecule has 52 valence electrons. The van der Waals surface area contributed by atoms with Gasteiger partial charge in [0.2, 0.25) is 0 Å². The van der Waals surface area contributed by atoms with Crippen LogP contribution in [0.1, 0.15) is 0 Å². The van der Waals surface area contributed by atoms with Gasteiger partial charge in [0.15, 0.2) is 0 Å². The van der Waals surface area contributed by atoms with Crippen molar-refractivity contribution in [2.45, 2.75) is 0 Å². The Hall–Kier alpha value is 0.0800. The third-order valence-corrected chi connectivity index (χ3v) is 3.17. The van der Waals surface area contributed by atoms with Gasteiger partial charge in [-0.05, 0) is 28.3 Å². The molecule has 1 aliphatic rings. The average Bonchev–Trinajstić information content (AvgIpc) is 2.34. The van der Waals surface area contributed by atoms with Crippen molar-refractivity contribution in [3.8, 4) is 0 Å². The van der Waals surface area contributed by atoms with E-state index >= 15 is 0 Å². The van der Waals surface area contributed by atoms with Crippen LogP contribution in [0.5, 0.6) is 0 Å². The number of thiol groups is 1. The van der Waals surface area contributed by atoms with Crippen LogP contribution in [0.4, 0.5) is 0 Å². The zero-order chi connectivity index (χ0) is 6.53. The number of allylic oxidation sites excluding steroid dienone is 2. The summed E-state index contributed by atoms with van der Waals surface area (Å²) in [4.78, 5) is 2.62. The maximum atomic E-state index is 5.29. The molecule has 0 aromatic rings. The van der Waals surface area contributed by atoms with Gasteiger partial charge in [0, 0.05) is 6.54 Å². The lowest BCUT2D eigenvalue weighted by molar-refractivity contribution is 1.03. The molecule has 0 radical (unpaired) electrons. The first kappa shape index (κ1) is 7.19. The molecule has 3 heteroatoms. The Balaban J connectivity index is 2.13. The largest absolute Gasteiger partial charge is 0.233 e. The van der Waals surface area contributed by atoms with Crippen molar-refractivity contribution in [2.75, 3.05) is 12.3 Å². The summed E-state index contributed by atoms with van der Waals surface area (Å²) in [7, 11) is 0.0409. The lowest BCUT2D eigenvalue weighted by Gasteiger charge is -2.06. The Morgan fingerprint density at radius 2 is 2.00 bits per heavy atom. The van der Waals surface area contributed by atoms with Crippen molar-refractivity contribution in [3.63, 3.8) is 0 Å². The van der Waals surface area contributed by atoms with E-state index in [9.17, 15) is 0 Å². The Kier molecular flexibility index (Phi) is 3.18. The molecule has 0 bridgehead atoms. The van der Waals surface area contributed by atoms with Crippen LogP contribution < -0.4 is 4.84 Å². The van der Waals surface area contributed by atoms with Gasteiger partial charge in [0.05, 0.1) is 0 Å². The van der Waals surface area contributed by atoms with Crippen molar-refractivity contribution in [1.82, 2.24) is 4.84 Å². The summed E-state index contributed by atoms with van der Waals surface area (Å²) in [5.74, 6) is 1.16. The second kappa shape index (κ2) is 3.99. The van der Waals surface area contributed by atoms with Gasteiger partial charge in [0.25, 0.3) is 0 Å². The van der Waals surface area contributed by atoms with Gasteiger partial charge >= 0.3 is 0 Å². The minimum absolute atomic E-state index is 0.0409. The molecular weight excluding hydrogens is 154 g/mol. The van der Waals surface area contributed by atoms with Crippen LogP contribution in [-0.4, -0.2) is 12.3 Å². The van der Waals surface area contributed by atoms with E-state index in [1.165, 1.54) is 0 Å². The van der Waals surface area contributed by atoms with Crippen molar-refractivity contribution in [1.29, 1.82) is 0 Å². The standard InChI is InChI=1S/C6H10ClNS/c7-8-3-6-9-4-1-2-5-9/h1-2,4-5,8-9H,3,6H2. The number of rotatable bonds is 3. The monoisotopic (exact) mass is 163 g/mol. The Morgan fingerprint density at radius 1 is 1.33 bits per heavy atom. The Labute approximate surface area is 63.2 Å². The summed E-state index contributed by atoms with van der Waals surface area (Å²) in [6.45, 7) is 0.905. The first-order valence-electron chi connectivity index (χ1n) is 2.88. The van der Waals surface area contributed by atoms with Gasteiger partial charge < -0.3 is 0 Å². The summed E-state index contributed by atoms with van der Waals surface area (Å²) in [6, 6.07) is 0. The minimum Gasteiger partial charge on any atom is -0.233 e. The summed E-state index contributed by atoms with van der Waals surface area (Å²) in [5.41, 5.74) is 0. The number of nitrogens with one attached hydrogen (secondary N) is 1. The van der Waals surface area contributed by atoms with E-state index in [4.69, 9.17) is 11.8 Å². The lowest BCUT2D eigenvalue weighted by atomic mass is 10.6. The Morgan fingerprint density at radius 3 is 2.56 bits per heavy atom. The quantitative estimate of drug-likeness (QED) is 0.478. The minimum atomic E-state index is 0.0409. The number of halogens is 1. The number of hydrogen-bond donors (Lipinski definition) is 2. The van der Waals surface area contributed by atoms with Gasteiger partial charge in [-0.2, -0.15) is 0 Å². The van der Waals surface area contributed by atoms with Crippen LogP contribution in [0.25, 0.3) is 0 Å². The van der Waals surface area contributed by atoms with Gasteiger partial charge in [0.1, 0.15) is 0 Å². The molecule has 0 saturated heterocycles. The second-order valence-electron chi connectivity index (χ2n) is 1.80. The highest BCUT2D eigenvalue weighted by atomic mass is 35.5. The van der Waals surface area contributed by atoms with Crippen LogP contribution in [-0.2, 0) is 0 Å². The third kappa shape index (κ3) is 2.43. The van der Waals surface area contributed by atoms with E-state index in [-0.39, 0.29) is 10.9 Å². The molecule has 0 spiro atoms. The maximum absolute atomic E-state index is 5.29. The SMILES string of the molecule is ClNCC[SH]1C=CC=C1. The molecule has 0 fully saturated rings. The lowest BCUT2D eigenvalue weighted by Crippen LogP contribution is -2.04. The smallest absolute Gasteiger partial charge is 0.0188 e. The molecule has 1 aliphatic heterocycles. The van der Waals surface area contributed by atoms with Crippen LogP contribution in [0.3, 0.4) is 0 Å². The van der Waals surface area contributed by atoms with E-state index in [2.05, 4.69) is 27.8 Å². The molecule has 9 heavy (non-hydrogen) atoms. The normalized spacial score (nSPS) is 19.4. The summed E-state index contributed by atoms with van der Waals surface area (Å²) < 4.78 is 0. The van der Waals surface area contributed by atoms with Crippen LogP contribution >= 0.6 is 22.7 Å². The van der Waals surface area contributed by atoms with Crippen LogP contribution in [0.2, 0.25) is 0 Å². The highest BCUT2D eigenvalue weighted by Gasteiger charge is 1.96. The molecule has 0 aromatic carbocycles. The molecule has 1 heterocycles. The number of hydrogen-bond acceptors (Lipinski definition) is 1. The predicted molar refractivity (Wildman–Crippen MR) is 46.0 cm³/mol. The molecule has 0 amide bonds. The van der Waals surface area contributed by atoms with Gasteiger partial charge in [-0.3, -0.25) is 0 Å². The topological polar surface area (TPSA) is 12.0 Å². The maximum Gasteiger partial charge on any atom is 0.0188 e. The van der Waals surface area contributed by atoms with E-state index in [0.717, 1.165) is 12.3 Å². The third-order valence-electron chi connectivity index (χ3n) is 1.13. The van der Waals surface area contributed by atoms with Gasteiger partial charge in [-0.25, -0.2) is 15.7 Å². The molecule has 0 aromatic heterocycles. The molecule has 1 rings (SSSR count). The zero-order valence-corrected chi connectivity index (χ0v) is 6.70.